The first kappa shape index (κ1) is 12.7. The van der Waals surface area contributed by atoms with Gasteiger partial charge in [0.05, 0.1) is 13.1 Å². The van der Waals surface area contributed by atoms with Gasteiger partial charge in [-0.05, 0) is 27.7 Å². The number of rotatable bonds is 4. The van der Waals surface area contributed by atoms with Crippen LogP contribution in [-0.4, -0.2) is 20.3 Å². The average Bonchev–Trinajstić information content (AvgIpc) is 2.62. The van der Waals surface area contributed by atoms with Crippen LogP contribution in [0.2, 0.25) is 0 Å². The van der Waals surface area contributed by atoms with E-state index >= 15 is 0 Å². The zero-order chi connectivity index (χ0) is 12.0. The molecule has 0 saturated carbocycles. The fourth-order valence-electron chi connectivity index (χ4n) is 1.16. The third-order valence-electron chi connectivity index (χ3n) is 2.00. The molecule has 0 aliphatic heterocycles. The summed E-state index contributed by atoms with van der Waals surface area (Å²) in [6.07, 6.45) is 2.59. The van der Waals surface area contributed by atoms with Gasteiger partial charge in [-0.25, -0.2) is 4.98 Å². The molecule has 1 aromatic rings. The molecule has 0 amide bonds. The fourth-order valence-corrected chi connectivity index (χ4v) is 1.16. The highest BCUT2D eigenvalue weighted by molar-refractivity contribution is 4.94. The lowest BCUT2D eigenvalue weighted by atomic mass is 10.1. The molecule has 88 valence electrons. The zero-order valence-electron chi connectivity index (χ0n) is 10.5. The van der Waals surface area contributed by atoms with Gasteiger partial charge >= 0.3 is 0 Å². The van der Waals surface area contributed by atoms with Gasteiger partial charge in [0.2, 0.25) is 0 Å². The van der Waals surface area contributed by atoms with E-state index in [0.717, 1.165) is 18.8 Å². The first-order chi connectivity index (χ1) is 7.51. The van der Waals surface area contributed by atoms with Gasteiger partial charge in [-0.2, -0.15) is 5.10 Å². The van der Waals surface area contributed by atoms with Crippen LogP contribution in [0.4, 0.5) is 0 Å². The first-order valence-corrected chi connectivity index (χ1v) is 5.54. The summed E-state index contributed by atoms with van der Waals surface area (Å²) in [6, 6.07) is 0. The van der Waals surface area contributed by atoms with E-state index in [4.69, 9.17) is 0 Å². The Hall–Kier alpha value is -1.34. The van der Waals surface area contributed by atoms with Crippen molar-refractivity contribution < 1.29 is 0 Å². The molecule has 4 nitrogen and oxygen atoms in total. The van der Waals surface area contributed by atoms with E-state index in [1.54, 1.807) is 6.33 Å². The summed E-state index contributed by atoms with van der Waals surface area (Å²) < 4.78 is 1.84. The fraction of sp³-hybridized carbons (Fsp3) is 0.667. The van der Waals surface area contributed by atoms with E-state index in [-0.39, 0.29) is 5.54 Å². The predicted octanol–water partition coefficient (Wildman–Crippen LogP) is 1.58. The third kappa shape index (κ3) is 4.94. The second-order valence-electron chi connectivity index (χ2n) is 4.70. The van der Waals surface area contributed by atoms with Gasteiger partial charge in [0.25, 0.3) is 0 Å². The number of aromatic nitrogens is 3. The molecular formula is C12H20N4. The molecule has 0 saturated heterocycles. The Kier molecular flexibility index (Phi) is 4.51. The SMILES string of the molecule is CC#CCCn1cnc(CNC(C)(C)C)n1. The van der Waals surface area contributed by atoms with Crippen molar-refractivity contribution in [3.63, 3.8) is 0 Å². The molecular weight excluding hydrogens is 200 g/mol. The number of hydrogen-bond acceptors (Lipinski definition) is 3. The van der Waals surface area contributed by atoms with E-state index in [9.17, 15) is 0 Å². The van der Waals surface area contributed by atoms with Crippen molar-refractivity contribution in [2.24, 2.45) is 0 Å². The van der Waals surface area contributed by atoms with Crippen LogP contribution in [0.25, 0.3) is 0 Å². The number of nitrogens with zero attached hydrogens (tertiary/aromatic N) is 3. The summed E-state index contributed by atoms with van der Waals surface area (Å²) in [5.41, 5.74) is 0.0964. The number of nitrogens with one attached hydrogen (secondary N) is 1. The van der Waals surface area contributed by atoms with Crippen LogP contribution < -0.4 is 5.32 Å². The molecule has 0 fully saturated rings. The number of hydrogen-bond donors (Lipinski definition) is 1. The summed E-state index contributed by atoms with van der Waals surface area (Å²) in [7, 11) is 0. The summed E-state index contributed by atoms with van der Waals surface area (Å²) >= 11 is 0. The molecule has 0 bridgehead atoms. The van der Waals surface area contributed by atoms with E-state index in [1.165, 1.54) is 0 Å². The Balaban J connectivity index is 2.41. The van der Waals surface area contributed by atoms with Crippen LogP contribution in [0.3, 0.4) is 0 Å². The lowest BCUT2D eigenvalue weighted by Gasteiger charge is -2.19. The van der Waals surface area contributed by atoms with E-state index in [2.05, 4.69) is 48.0 Å². The van der Waals surface area contributed by atoms with Gasteiger partial charge in [-0.1, -0.05) is 0 Å². The van der Waals surface area contributed by atoms with Gasteiger partial charge in [0.1, 0.15) is 6.33 Å². The summed E-state index contributed by atoms with van der Waals surface area (Å²) in [6.45, 7) is 9.74. The highest BCUT2D eigenvalue weighted by atomic mass is 15.3. The van der Waals surface area contributed by atoms with Crippen LogP contribution >= 0.6 is 0 Å². The molecule has 0 aliphatic carbocycles. The molecule has 16 heavy (non-hydrogen) atoms. The van der Waals surface area contributed by atoms with Crippen LogP contribution in [0, 0.1) is 11.8 Å². The predicted molar refractivity (Wildman–Crippen MR) is 64.7 cm³/mol. The maximum atomic E-state index is 4.36. The molecule has 1 aromatic heterocycles. The molecule has 1 N–H and O–H groups in total. The smallest absolute Gasteiger partial charge is 0.164 e. The minimum absolute atomic E-state index is 0.0964. The van der Waals surface area contributed by atoms with Crippen LogP contribution in [-0.2, 0) is 13.1 Å². The lowest BCUT2D eigenvalue weighted by Crippen LogP contribution is -2.35. The van der Waals surface area contributed by atoms with Gasteiger partial charge < -0.3 is 5.32 Å². The molecule has 4 heteroatoms. The second-order valence-corrected chi connectivity index (χ2v) is 4.70. The summed E-state index contributed by atoms with van der Waals surface area (Å²) in [5, 5.41) is 7.71. The standard InChI is InChI=1S/C12H20N4/c1-5-6-7-8-16-10-13-11(15-16)9-14-12(2,3)4/h10,14H,7-9H2,1-4H3. The largest absolute Gasteiger partial charge is 0.305 e. The van der Waals surface area contributed by atoms with E-state index in [1.807, 2.05) is 11.6 Å². The van der Waals surface area contributed by atoms with Gasteiger partial charge in [-0.15, -0.1) is 11.8 Å². The average molecular weight is 220 g/mol. The molecule has 0 atom stereocenters. The molecule has 0 aliphatic rings. The summed E-state index contributed by atoms with van der Waals surface area (Å²) in [4.78, 5) is 4.24. The van der Waals surface area contributed by atoms with Crippen molar-refractivity contribution in [2.75, 3.05) is 0 Å². The number of aryl methyl sites for hydroxylation is 1. The summed E-state index contributed by atoms with van der Waals surface area (Å²) in [5.74, 6) is 6.71. The Morgan fingerprint density at radius 3 is 2.81 bits per heavy atom. The molecule has 0 unspecified atom stereocenters. The third-order valence-corrected chi connectivity index (χ3v) is 2.00. The lowest BCUT2D eigenvalue weighted by molar-refractivity contribution is 0.416. The molecule has 0 spiro atoms. The Labute approximate surface area is 97.5 Å². The van der Waals surface area contributed by atoms with Gasteiger partial charge in [0, 0.05) is 12.0 Å². The topological polar surface area (TPSA) is 42.7 Å². The molecule has 0 aromatic carbocycles. The van der Waals surface area contributed by atoms with Crippen molar-refractivity contribution in [1.29, 1.82) is 0 Å². The van der Waals surface area contributed by atoms with Crippen molar-refractivity contribution in [1.82, 2.24) is 20.1 Å². The van der Waals surface area contributed by atoms with E-state index in [0.29, 0.717) is 6.54 Å². The normalized spacial score (nSPS) is 11.0. The first-order valence-electron chi connectivity index (χ1n) is 5.54. The highest BCUT2D eigenvalue weighted by Gasteiger charge is 2.09. The van der Waals surface area contributed by atoms with Crippen molar-refractivity contribution in [2.45, 2.75) is 52.7 Å². The van der Waals surface area contributed by atoms with Crippen molar-refractivity contribution in [3.05, 3.63) is 12.2 Å². The minimum atomic E-state index is 0.0964. The Morgan fingerprint density at radius 2 is 2.19 bits per heavy atom. The Bertz CT molecular complexity index is 376. The maximum absolute atomic E-state index is 4.36. The second kappa shape index (κ2) is 5.66. The van der Waals surface area contributed by atoms with Crippen molar-refractivity contribution >= 4 is 0 Å². The van der Waals surface area contributed by atoms with Crippen LogP contribution in [0.5, 0.6) is 0 Å². The molecule has 1 heterocycles. The van der Waals surface area contributed by atoms with E-state index < -0.39 is 0 Å². The monoisotopic (exact) mass is 220 g/mol. The molecule has 1 rings (SSSR count). The zero-order valence-corrected chi connectivity index (χ0v) is 10.5. The minimum Gasteiger partial charge on any atom is -0.305 e. The molecule has 0 radical (unpaired) electrons. The quantitative estimate of drug-likeness (QED) is 0.783. The van der Waals surface area contributed by atoms with Gasteiger partial charge in [-0.3, -0.25) is 4.68 Å². The van der Waals surface area contributed by atoms with Crippen molar-refractivity contribution in [3.8, 4) is 11.8 Å². The van der Waals surface area contributed by atoms with Gasteiger partial charge in [0.15, 0.2) is 5.82 Å². The maximum Gasteiger partial charge on any atom is 0.164 e. The highest BCUT2D eigenvalue weighted by Crippen LogP contribution is 2.00. The van der Waals surface area contributed by atoms with Crippen LogP contribution in [0.15, 0.2) is 6.33 Å². The van der Waals surface area contributed by atoms with Crippen LogP contribution in [0.1, 0.15) is 39.9 Å². The Morgan fingerprint density at radius 1 is 1.44 bits per heavy atom.